The standard InChI is InChI=1S/C14H23N/c1-7-9-14(8-2)10-11(3)12(4)13(5)15-6/h9-10H,4,7-8H2,1-3,5-6H3/b11-10-,14-9-,15-13?. The first-order chi connectivity index (χ1) is 7.06. The van der Waals surface area contributed by atoms with Crippen LogP contribution in [0, 0.1) is 0 Å². The zero-order chi connectivity index (χ0) is 11.8. The Morgan fingerprint density at radius 1 is 1.27 bits per heavy atom. The summed E-state index contributed by atoms with van der Waals surface area (Å²) in [5, 5.41) is 0. The second-order valence-electron chi connectivity index (χ2n) is 3.66. The van der Waals surface area contributed by atoms with E-state index in [1.54, 1.807) is 7.05 Å². The van der Waals surface area contributed by atoms with Crippen molar-refractivity contribution in [3.8, 4) is 0 Å². The summed E-state index contributed by atoms with van der Waals surface area (Å²) in [4.78, 5) is 4.15. The van der Waals surface area contributed by atoms with Gasteiger partial charge >= 0.3 is 0 Å². The molecule has 0 radical (unpaired) electrons. The molecule has 0 heterocycles. The summed E-state index contributed by atoms with van der Waals surface area (Å²) in [6.07, 6.45) is 6.62. The summed E-state index contributed by atoms with van der Waals surface area (Å²) in [7, 11) is 1.80. The van der Waals surface area contributed by atoms with Gasteiger partial charge < -0.3 is 0 Å². The zero-order valence-electron chi connectivity index (χ0n) is 10.7. The summed E-state index contributed by atoms with van der Waals surface area (Å²) >= 11 is 0. The van der Waals surface area contributed by atoms with Crippen LogP contribution in [0.1, 0.15) is 40.5 Å². The second kappa shape index (κ2) is 7.22. The van der Waals surface area contributed by atoms with E-state index < -0.39 is 0 Å². The molecule has 0 aromatic heterocycles. The van der Waals surface area contributed by atoms with Crippen molar-refractivity contribution in [1.29, 1.82) is 0 Å². The average Bonchev–Trinajstić information content (AvgIpc) is 2.26. The van der Waals surface area contributed by atoms with Crippen molar-refractivity contribution in [2.24, 2.45) is 4.99 Å². The predicted molar refractivity (Wildman–Crippen MR) is 70.6 cm³/mol. The lowest BCUT2D eigenvalue weighted by Crippen LogP contribution is -1.97. The van der Waals surface area contributed by atoms with Crippen LogP contribution in [-0.2, 0) is 0 Å². The summed E-state index contributed by atoms with van der Waals surface area (Å²) in [5.74, 6) is 0. The molecule has 0 aromatic carbocycles. The summed E-state index contributed by atoms with van der Waals surface area (Å²) in [5.41, 5.74) is 4.63. The molecule has 0 aromatic rings. The Hall–Kier alpha value is -1.11. The molecule has 0 saturated heterocycles. The van der Waals surface area contributed by atoms with E-state index in [1.807, 2.05) is 6.92 Å². The second-order valence-corrected chi connectivity index (χ2v) is 3.66. The first kappa shape index (κ1) is 13.9. The van der Waals surface area contributed by atoms with E-state index >= 15 is 0 Å². The molecule has 0 N–H and O–H groups in total. The monoisotopic (exact) mass is 205 g/mol. The van der Waals surface area contributed by atoms with E-state index in [0.717, 1.165) is 24.1 Å². The van der Waals surface area contributed by atoms with E-state index in [0.29, 0.717) is 0 Å². The number of hydrogen-bond donors (Lipinski definition) is 0. The Bertz CT molecular complexity index is 303. The van der Waals surface area contributed by atoms with Crippen LogP contribution in [0.3, 0.4) is 0 Å². The molecule has 0 amide bonds. The highest BCUT2D eigenvalue weighted by Crippen LogP contribution is 2.14. The molecule has 0 saturated carbocycles. The van der Waals surface area contributed by atoms with Gasteiger partial charge in [0, 0.05) is 12.8 Å². The van der Waals surface area contributed by atoms with Gasteiger partial charge in [-0.25, -0.2) is 0 Å². The molecule has 1 heteroatoms. The van der Waals surface area contributed by atoms with Crippen LogP contribution in [0.2, 0.25) is 0 Å². The van der Waals surface area contributed by atoms with Crippen molar-refractivity contribution >= 4 is 5.71 Å². The fraction of sp³-hybridized carbons (Fsp3) is 0.500. The lowest BCUT2D eigenvalue weighted by molar-refractivity contribution is 1.09. The van der Waals surface area contributed by atoms with Crippen LogP contribution in [0.4, 0.5) is 0 Å². The fourth-order valence-electron chi connectivity index (χ4n) is 1.35. The van der Waals surface area contributed by atoms with Gasteiger partial charge in [-0.1, -0.05) is 38.2 Å². The van der Waals surface area contributed by atoms with Gasteiger partial charge in [-0.15, -0.1) is 0 Å². The van der Waals surface area contributed by atoms with Gasteiger partial charge in [0.25, 0.3) is 0 Å². The van der Waals surface area contributed by atoms with Crippen LogP contribution in [-0.4, -0.2) is 12.8 Å². The fourth-order valence-corrected chi connectivity index (χ4v) is 1.35. The average molecular weight is 205 g/mol. The Morgan fingerprint density at radius 2 is 1.87 bits per heavy atom. The normalized spacial score (nSPS) is 14.3. The smallest absolute Gasteiger partial charge is 0.0382 e. The van der Waals surface area contributed by atoms with Crippen LogP contribution in [0.5, 0.6) is 0 Å². The largest absolute Gasteiger partial charge is 0.293 e. The number of aliphatic imine (C=N–C) groups is 1. The van der Waals surface area contributed by atoms with Gasteiger partial charge in [0.05, 0.1) is 0 Å². The third kappa shape index (κ3) is 4.78. The van der Waals surface area contributed by atoms with Gasteiger partial charge in [-0.3, -0.25) is 4.99 Å². The van der Waals surface area contributed by atoms with Gasteiger partial charge in [-0.2, -0.15) is 0 Å². The molecule has 0 rings (SSSR count). The van der Waals surface area contributed by atoms with E-state index in [2.05, 4.69) is 44.5 Å². The maximum atomic E-state index is 4.15. The van der Waals surface area contributed by atoms with E-state index in [-0.39, 0.29) is 0 Å². The van der Waals surface area contributed by atoms with E-state index in [4.69, 9.17) is 0 Å². The van der Waals surface area contributed by atoms with E-state index in [1.165, 1.54) is 11.1 Å². The first-order valence-corrected chi connectivity index (χ1v) is 5.57. The minimum Gasteiger partial charge on any atom is -0.293 e. The highest BCUT2D eigenvalue weighted by atomic mass is 14.7. The number of allylic oxidation sites excluding steroid dienone is 5. The third-order valence-corrected chi connectivity index (χ3v) is 2.52. The highest BCUT2D eigenvalue weighted by Gasteiger charge is 2.00. The van der Waals surface area contributed by atoms with Crippen molar-refractivity contribution in [3.63, 3.8) is 0 Å². The molecular weight excluding hydrogens is 182 g/mol. The first-order valence-electron chi connectivity index (χ1n) is 5.57. The zero-order valence-corrected chi connectivity index (χ0v) is 10.7. The quantitative estimate of drug-likeness (QED) is 0.468. The Labute approximate surface area is 94.3 Å². The minimum atomic E-state index is 1.01. The molecule has 1 nitrogen and oxygen atoms in total. The van der Waals surface area contributed by atoms with Crippen LogP contribution < -0.4 is 0 Å². The van der Waals surface area contributed by atoms with Crippen molar-refractivity contribution in [2.45, 2.75) is 40.5 Å². The van der Waals surface area contributed by atoms with Crippen molar-refractivity contribution in [2.75, 3.05) is 7.05 Å². The van der Waals surface area contributed by atoms with Gasteiger partial charge in [0.1, 0.15) is 0 Å². The molecule has 0 unspecified atom stereocenters. The molecule has 0 aliphatic carbocycles. The van der Waals surface area contributed by atoms with Gasteiger partial charge in [0.15, 0.2) is 0 Å². The van der Waals surface area contributed by atoms with Gasteiger partial charge in [0.2, 0.25) is 0 Å². The van der Waals surface area contributed by atoms with Crippen LogP contribution in [0.25, 0.3) is 0 Å². The molecule has 0 atom stereocenters. The maximum Gasteiger partial charge on any atom is 0.0382 e. The summed E-state index contributed by atoms with van der Waals surface area (Å²) in [6.45, 7) is 12.5. The maximum absolute atomic E-state index is 4.15. The molecule has 0 aliphatic rings. The lowest BCUT2D eigenvalue weighted by Gasteiger charge is -2.06. The Balaban J connectivity index is 4.83. The minimum absolute atomic E-state index is 1.01. The SMILES string of the molecule is C=C(C(C)=NC)/C(C)=C\C(=C/CC)CC. The Morgan fingerprint density at radius 3 is 2.27 bits per heavy atom. The Kier molecular flexibility index (Phi) is 6.68. The number of rotatable bonds is 5. The van der Waals surface area contributed by atoms with E-state index in [9.17, 15) is 0 Å². The molecule has 0 fully saturated rings. The molecule has 15 heavy (non-hydrogen) atoms. The molecule has 0 bridgehead atoms. The van der Waals surface area contributed by atoms with Crippen molar-refractivity contribution in [1.82, 2.24) is 0 Å². The number of hydrogen-bond acceptors (Lipinski definition) is 1. The number of nitrogens with zero attached hydrogens (tertiary/aromatic N) is 1. The molecular formula is C14H23N. The topological polar surface area (TPSA) is 12.4 Å². The van der Waals surface area contributed by atoms with Crippen LogP contribution in [0.15, 0.2) is 40.4 Å². The highest BCUT2D eigenvalue weighted by molar-refractivity contribution is 6.01. The summed E-state index contributed by atoms with van der Waals surface area (Å²) in [6, 6.07) is 0. The lowest BCUT2D eigenvalue weighted by atomic mass is 10.0. The molecule has 0 spiro atoms. The van der Waals surface area contributed by atoms with Gasteiger partial charge in [-0.05, 0) is 37.8 Å². The third-order valence-electron chi connectivity index (χ3n) is 2.52. The van der Waals surface area contributed by atoms with Crippen molar-refractivity contribution in [3.05, 3.63) is 35.5 Å². The summed E-state index contributed by atoms with van der Waals surface area (Å²) < 4.78 is 0. The van der Waals surface area contributed by atoms with Crippen molar-refractivity contribution < 1.29 is 0 Å². The molecule has 0 aliphatic heterocycles. The predicted octanol–water partition coefficient (Wildman–Crippen LogP) is 4.33. The molecule has 84 valence electrons. The van der Waals surface area contributed by atoms with Crippen LogP contribution >= 0.6 is 0 Å².